The van der Waals surface area contributed by atoms with Crippen molar-refractivity contribution in [3.8, 4) is 22.9 Å². The van der Waals surface area contributed by atoms with Gasteiger partial charge in [0.2, 0.25) is 11.7 Å². The molecule has 1 amide bonds. The Bertz CT molecular complexity index is 1140. The summed E-state index contributed by atoms with van der Waals surface area (Å²) in [7, 11) is 4.79. The lowest BCUT2D eigenvalue weighted by molar-refractivity contribution is -0.113. The molecule has 7 nitrogen and oxygen atoms in total. The van der Waals surface area contributed by atoms with Gasteiger partial charge in [0.05, 0.1) is 43.7 Å². The maximum absolute atomic E-state index is 12.6. The molecule has 2 heterocycles. The maximum Gasteiger partial charge on any atom is 0.235 e. The van der Waals surface area contributed by atoms with Crippen molar-refractivity contribution in [2.24, 2.45) is 0 Å². The van der Waals surface area contributed by atoms with E-state index in [1.165, 1.54) is 17.3 Å². The topological polar surface area (TPSA) is 74.6 Å². The van der Waals surface area contributed by atoms with Crippen molar-refractivity contribution < 1.29 is 19.0 Å². The van der Waals surface area contributed by atoms with Gasteiger partial charge < -0.3 is 19.5 Å². The highest BCUT2D eigenvalue weighted by Crippen LogP contribution is 2.50. The van der Waals surface area contributed by atoms with Crippen LogP contribution in [0.2, 0.25) is 0 Å². The standard InChI is InChI=1S/C24H27N3O4S/c1-6-15-7-9-16(10-8-15)27-24-20(14(2)26-27)23(32-13-19(28)25-24)17-11-12-18(29-3)22(31-5)21(17)30-4/h7-12,23H,6,13H2,1-5H3,(H,25,28)/t23-/m0/s1. The van der Waals surface area contributed by atoms with Crippen LogP contribution in [0.1, 0.15) is 34.6 Å². The third-order valence-electron chi connectivity index (χ3n) is 5.61. The predicted molar refractivity (Wildman–Crippen MR) is 127 cm³/mol. The van der Waals surface area contributed by atoms with Gasteiger partial charge in [0.25, 0.3) is 0 Å². The van der Waals surface area contributed by atoms with Crippen LogP contribution in [0.15, 0.2) is 36.4 Å². The van der Waals surface area contributed by atoms with E-state index >= 15 is 0 Å². The normalized spacial score (nSPS) is 15.5. The Kier molecular flexibility index (Phi) is 6.32. The first-order valence-electron chi connectivity index (χ1n) is 10.4. The van der Waals surface area contributed by atoms with Crippen molar-refractivity contribution in [1.29, 1.82) is 0 Å². The molecule has 3 aromatic rings. The first-order valence-corrected chi connectivity index (χ1v) is 11.5. The molecule has 32 heavy (non-hydrogen) atoms. The second-order valence-corrected chi connectivity index (χ2v) is 8.54. The molecule has 1 aliphatic rings. The summed E-state index contributed by atoms with van der Waals surface area (Å²) in [6, 6.07) is 12.1. The largest absolute Gasteiger partial charge is 0.493 e. The minimum absolute atomic E-state index is 0.0653. The highest BCUT2D eigenvalue weighted by atomic mass is 32.2. The summed E-state index contributed by atoms with van der Waals surface area (Å²) in [5.41, 5.74) is 4.84. The van der Waals surface area contributed by atoms with E-state index in [1.54, 1.807) is 21.3 Å². The van der Waals surface area contributed by atoms with Crippen molar-refractivity contribution in [2.75, 3.05) is 32.4 Å². The van der Waals surface area contributed by atoms with Crippen LogP contribution in [0.4, 0.5) is 5.82 Å². The van der Waals surface area contributed by atoms with E-state index in [9.17, 15) is 4.79 Å². The zero-order valence-corrected chi connectivity index (χ0v) is 19.7. The second kappa shape index (κ2) is 9.16. The summed E-state index contributed by atoms with van der Waals surface area (Å²) in [5.74, 6) is 2.63. The number of amides is 1. The number of aryl methyl sites for hydroxylation is 2. The third kappa shape index (κ3) is 3.79. The van der Waals surface area contributed by atoms with Gasteiger partial charge in [-0.15, -0.1) is 11.8 Å². The van der Waals surface area contributed by atoms with E-state index in [1.807, 2.05) is 35.9 Å². The second-order valence-electron chi connectivity index (χ2n) is 7.44. The van der Waals surface area contributed by atoms with E-state index in [0.29, 0.717) is 28.8 Å². The number of benzene rings is 2. The predicted octanol–water partition coefficient (Wildman–Crippen LogP) is 4.54. The molecule has 0 aliphatic carbocycles. The van der Waals surface area contributed by atoms with Gasteiger partial charge in [-0.05, 0) is 43.2 Å². The van der Waals surface area contributed by atoms with Crippen LogP contribution in [-0.2, 0) is 11.2 Å². The van der Waals surface area contributed by atoms with Crippen molar-refractivity contribution >= 4 is 23.5 Å². The fourth-order valence-corrected chi connectivity index (χ4v) is 5.22. The van der Waals surface area contributed by atoms with E-state index in [4.69, 9.17) is 19.3 Å². The van der Waals surface area contributed by atoms with Crippen molar-refractivity contribution in [3.05, 3.63) is 58.8 Å². The van der Waals surface area contributed by atoms with E-state index < -0.39 is 0 Å². The number of carbonyl (C=O) groups excluding carboxylic acids is 1. The summed E-state index contributed by atoms with van der Waals surface area (Å²) in [5, 5.41) is 7.69. The number of methoxy groups -OCH3 is 3. The molecule has 4 rings (SSSR count). The van der Waals surface area contributed by atoms with Crippen LogP contribution in [0.5, 0.6) is 17.2 Å². The number of hydrogen-bond donors (Lipinski definition) is 1. The molecule has 1 atom stereocenters. The van der Waals surface area contributed by atoms with Crippen LogP contribution in [0.25, 0.3) is 5.69 Å². The third-order valence-corrected chi connectivity index (χ3v) is 6.87. The number of ether oxygens (including phenoxy) is 3. The fourth-order valence-electron chi connectivity index (χ4n) is 4.02. The van der Waals surface area contributed by atoms with E-state index in [0.717, 1.165) is 28.9 Å². The average Bonchev–Trinajstić information content (AvgIpc) is 3.02. The summed E-state index contributed by atoms with van der Waals surface area (Å²) in [4.78, 5) is 12.6. The Balaban J connectivity index is 1.90. The molecule has 1 N–H and O–H groups in total. The summed E-state index contributed by atoms with van der Waals surface area (Å²) in [6.07, 6.45) is 0.963. The minimum atomic E-state index is -0.178. The molecule has 2 aromatic carbocycles. The molecule has 1 aromatic heterocycles. The van der Waals surface area contributed by atoms with E-state index in [-0.39, 0.29) is 11.2 Å². The summed E-state index contributed by atoms with van der Waals surface area (Å²) >= 11 is 1.54. The zero-order valence-electron chi connectivity index (χ0n) is 18.9. The van der Waals surface area contributed by atoms with Gasteiger partial charge in [-0.3, -0.25) is 4.79 Å². The molecule has 1 aliphatic heterocycles. The van der Waals surface area contributed by atoms with Crippen LogP contribution < -0.4 is 19.5 Å². The van der Waals surface area contributed by atoms with Gasteiger partial charge in [0, 0.05) is 11.1 Å². The van der Waals surface area contributed by atoms with E-state index in [2.05, 4.69) is 24.4 Å². The fraction of sp³-hybridized carbons (Fsp3) is 0.333. The Morgan fingerprint density at radius 3 is 2.41 bits per heavy atom. The molecule has 168 valence electrons. The molecule has 0 saturated carbocycles. The van der Waals surface area contributed by atoms with Crippen LogP contribution in [0.3, 0.4) is 0 Å². The number of aromatic nitrogens is 2. The number of nitrogens with zero attached hydrogens (tertiary/aromatic N) is 2. The average molecular weight is 454 g/mol. The Morgan fingerprint density at radius 2 is 1.78 bits per heavy atom. The zero-order chi connectivity index (χ0) is 22.8. The van der Waals surface area contributed by atoms with Crippen molar-refractivity contribution in [2.45, 2.75) is 25.5 Å². The lowest BCUT2D eigenvalue weighted by atomic mass is 10.0. The number of fused-ring (bicyclic) bond motifs is 1. The molecule has 0 bridgehead atoms. The number of hydrogen-bond acceptors (Lipinski definition) is 6. The Labute approximate surface area is 192 Å². The maximum atomic E-state index is 12.6. The SMILES string of the molecule is CCc1ccc(-n2nc(C)c3c2NC(=O)CS[C@H]3c2ccc(OC)c(OC)c2OC)cc1. The van der Waals surface area contributed by atoms with Gasteiger partial charge in [-0.2, -0.15) is 5.10 Å². The van der Waals surface area contributed by atoms with Gasteiger partial charge in [0.15, 0.2) is 11.5 Å². The van der Waals surface area contributed by atoms with Crippen molar-refractivity contribution in [3.63, 3.8) is 0 Å². The molecule has 0 radical (unpaired) electrons. The van der Waals surface area contributed by atoms with Gasteiger partial charge in [-0.25, -0.2) is 4.68 Å². The highest BCUT2D eigenvalue weighted by molar-refractivity contribution is 8.00. The Hall–Kier alpha value is -3.13. The van der Waals surface area contributed by atoms with Crippen LogP contribution >= 0.6 is 11.8 Å². The Morgan fingerprint density at radius 1 is 1.06 bits per heavy atom. The summed E-state index contributed by atoms with van der Waals surface area (Å²) in [6.45, 7) is 4.09. The first kappa shape index (κ1) is 22.1. The van der Waals surface area contributed by atoms with Crippen molar-refractivity contribution in [1.82, 2.24) is 9.78 Å². The smallest absolute Gasteiger partial charge is 0.235 e. The van der Waals surface area contributed by atoms with Crippen LogP contribution in [-0.4, -0.2) is 42.8 Å². The van der Waals surface area contributed by atoms with Gasteiger partial charge >= 0.3 is 0 Å². The molecule has 0 saturated heterocycles. The van der Waals surface area contributed by atoms with Gasteiger partial charge in [-0.1, -0.05) is 19.1 Å². The number of nitrogens with one attached hydrogen (secondary N) is 1. The lowest BCUT2D eigenvalue weighted by Gasteiger charge is -2.21. The highest BCUT2D eigenvalue weighted by Gasteiger charge is 2.33. The number of thioether (sulfide) groups is 1. The quantitative estimate of drug-likeness (QED) is 0.591. The monoisotopic (exact) mass is 453 g/mol. The lowest BCUT2D eigenvalue weighted by Crippen LogP contribution is -2.15. The summed E-state index contributed by atoms with van der Waals surface area (Å²) < 4.78 is 18.6. The molecule has 0 spiro atoms. The minimum Gasteiger partial charge on any atom is -0.493 e. The number of anilines is 1. The molecular formula is C24H27N3O4S. The molecule has 8 heteroatoms. The van der Waals surface area contributed by atoms with Gasteiger partial charge in [0.1, 0.15) is 5.82 Å². The first-order chi connectivity index (χ1) is 15.5. The molecule has 0 fully saturated rings. The molecule has 0 unspecified atom stereocenters. The van der Waals surface area contributed by atoms with Crippen LogP contribution in [0, 0.1) is 6.92 Å². The number of carbonyl (C=O) groups is 1. The molecular weight excluding hydrogens is 426 g/mol. The number of rotatable bonds is 6.